The second-order valence-corrected chi connectivity index (χ2v) is 8.30. The van der Waals surface area contributed by atoms with E-state index in [9.17, 15) is 9.59 Å². The monoisotopic (exact) mass is 418 g/mol. The Hall–Kier alpha value is -3.32. The smallest absolute Gasteiger partial charge is 0.266 e. The van der Waals surface area contributed by atoms with Gasteiger partial charge >= 0.3 is 0 Å². The lowest BCUT2D eigenvalue weighted by molar-refractivity contribution is -0.120. The minimum absolute atomic E-state index is 0.0792. The zero-order valence-corrected chi connectivity index (χ0v) is 17.7. The molecule has 30 heavy (non-hydrogen) atoms. The van der Waals surface area contributed by atoms with Crippen molar-refractivity contribution < 1.29 is 4.79 Å². The third kappa shape index (κ3) is 4.31. The number of benzene rings is 2. The number of hydrogen-bond donors (Lipinski definition) is 1. The predicted octanol–water partition coefficient (Wildman–Crippen LogP) is 3.50. The lowest BCUT2D eigenvalue weighted by Gasteiger charge is -2.09. The third-order valence-corrected chi connectivity index (χ3v) is 5.97. The predicted molar refractivity (Wildman–Crippen MR) is 120 cm³/mol. The van der Waals surface area contributed by atoms with Crippen LogP contribution in [0.25, 0.3) is 21.3 Å². The number of nitrogens with zero attached hydrogens (tertiary/aromatic N) is 3. The lowest BCUT2D eigenvalue weighted by Crippen LogP contribution is -2.32. The van der Waals surface area contributed by atoms with E-state index in [0.717, 1.165) is 37.6 Å². The zero-order chi connectivity index (χ0) is 21.1. The van der Waals surface area contributed by atoms with Crippen LogP contribution in [0.1, 0.15) is 16.3 Å². The van der Waals surface area contributed by atoms with Gasteiger partial charge in [0.15, 0.2) is 0 Å². The Balaban J connectivity index is 1.41. The molecule has 0 saturated carbocycles. The first-order valence-electron chi connectivity index (χ1n) is 9.77. The summed E-state index contributed by atoms with van der Waals surface area (Å²) >= 11 is 1.55. The maximum Gasteiger partial charge on any atom is 0.266 e. The van der Waals surface area contributed by atoms with Gasteiger partial charge in [-0.1, -0.05) is 42.5 Å². The molecule has 0 aliphatic carbocycles. The molecule has 0 aliphatic heterocycles. The van der Waals surface area contributed by atoms with Crippen LogP contribution in [0.4, 0.5) is 0 Å². The van der Waals surface area contributed by atoms with Crippen LogP contribution in [0.5, 0.6) is 0 Å². The molecule has 0 fully saturated rings. The number of hydrogen-bond acceptors (Lipinski definition) is 5. The maximum atomic E-state index is 12.4. The van der Waals surface area contributed by atoms with Crippen molar-refractivity contribution in [3.63, 3.8) is 0 Å². The van der Waals surface area contributed by atoms with E-state index < -0.39 is 0 Å². The summed E-state index contributed by atoms with van der Waals surface area (Å²) in [5.41, 5.74) is 2.42. The van der Waals surface area contributed by atoms with E-state index in [1.165, 1.54) is 10.7 Å². The van der Waals surface area contributed by atoms with Crippen LogP contribution in [0.15, 0.2) is 59.4 Å². The lowest BCUT2D eigenvalue weighted by atomic mass is 10.0. The Bertz CT molecular complexity index is 1270. The number of rotatable bonds is 6. The van der Waals surface area contributed by atoms with Gasteiger partial charge in [0.1, 0.15) is 5.69 Å². The highest BCUT2D eigenvalue weighted by atomic mass is 32.1. The van der Waals surface area contributed by atoms with E-state index in [0.29, 0.717) is 19.5 Å². The SMILES string of the molecule is Cc1nc(C)c(-c2ccc(=O)n(CCNC(=O)Cc3cccc4ccccc34)n2)s1. The summed E-state index contributed by atoms with van der Waals surface area (Å²) < 4.78 is 1.39. The quantitative estimate of drug-likeness (QED) is 0.520. The number of carbonyl (C=O) groups is 1. The highest BCUT2D eigenvalue weighted by molar-refractivity contribution is 7.15. The highest BCUT2D eigenvalue weighted by Gasteiger charge is 2.11. The Morgan fingerprint density at radius 2 is 1.87 bits per heavy atom. The summed E-state index contributed by atoms with van der Waals surface area (Å²) in [4.78, 5) is 30.0. The molecule has 0 bridgehead atoms. The molecule has 0 aliphatic rings. The first-order valence-corrected chi connectivity index (χ1v) is 10.6. The van der Waals surface area contributed by atoms with Gasteiger partial charge in [-0.2, -0.15) is 5.10 Å². The summed E-state index contributed by atoms with van der Waals surface area (Å²) in [6, 6.07) is 17.2. The van der Waals surface area contributed by atoms with Crippen LogP contribution in [0, 0.1) is 13.8 Å². The van der Waals surface area contributed by atoms with Crippen LogP contribution >= 0.6 is 11.3 Å². The number of fused-ring (bicyclic) bond motifs is 1. The van der Waals surface area contributed by atoms with Gasteiger partial charge in [0, 0.05) is 12.6 Å². The molecule has 0 unspecified atom stereocenters. The summed E-state index contributed by atoms with van der Waals surface area (Å²) in [5.74, 6) is -0.0792. The summed E-state index contributed by atoms with van der Waals surface area (Å²) in [6.45, 7) is 4.53. The molecule has 4 aromatic rings. The molecule has 0 saturated heterocycles. The summed E-state index contributed by atoms with van der Waals surface area (Å²) in [5, 5.41) is 10.5. The average Bonchev–Trinajstić information content (AvgIpc) is 3.07. The molecule has 1 N–H and O–H groups in total. The first kappa shape index (κ1) is 20.0. The Kier molecular flexibility index (Phi) is 5.72. The molecule has 2 heterocycles. The van der Waals surface area contributed by atoms with Gasteiger partial charge < -0.3 is 5.32 Å². The van der Waals surface area contributed by atoms with Gasteiger partial charge in [-0.05, 0) is 36.2 Å². The number of aromatic nitrogens is 3. The Labute approximate surface area is 178 Å². The van der Waals surface area contributed by atoms with Crippen molar-refractivity contribution >= 4 is 28.0 Å². The number of thiazole rings is 1. The Morgan fingerprint density at radius 3 is 2.67 bits per heavy atom. The molecular weight excluding hydrogens is 396 g/mol. The molecule has 0 radical (unpaired) electrons. The minimum Gasteiger partial charge on any atom is -0.354 e. The largest absolute Gasteiger partial charge is 0.354 e. The van der Waals surface area contributed by atoms with Crippen molar-refractivity contribution in [3.05, 3.63) is 81.2 Å². The molecule has 2 aromatic heterocycles. The standard InChI is InChI=1S/C23H22N4O2S/c1-15-23(30-16(2)25-15)20-10-11-22(29)27(26-20)13-12-24-21(28)14-18-8-5-7-17-6-3-4-9-19(17)18/h3-11H,12-14H2,1-2H3,(H,24,28). The normalized spacial score (nSPS) is 11.0. The Morgan fingerprint density at radius 1 is 1.07 bits per heavy atom. The van der Waals surface area contributed by atoms with E-state index >= 15 is 0 Å². The van der Waals surface area contributed by atoms with Crippen LogP contribution < -0.4 is 10.9 Å². The van der Waals surface area contributed by atoms with Gasteiger partial charge in [-0.3, -0.25) is 9.59 Å². The van der Waals surface area contributed by atoms with Gasteiger partial charge in [0.05, 0.1) is 28.5 Å². The van der Waals surface area contributed by atoms with Gasteiger partial charge in [-0.25, -0.2) is 9.67 Å². The van der Waals surface area contributed by atoms with Crippen LogP contribution in [-0.2, 0) is 17.8 Å². The van der Waals surface area contributed by atoms with Crippen LogP contribution in [0.3, 0.4) is 0 Å². The third-order valence-electron chi connectivity index (χ3n) is 4.88. The van der Waals surface area contributed by atoms with Gasteiger partial charge in [0.2, 0.25) is 5.91 Å². The van der Waals surface area contributed by atoms with E-state index in [-0.39, 0.29) is 11.5 Å². The molecule has 4 rings (SSSR count). The number of amides is 1. The minimum atomic E-state index is -0.194. The number of carbonyl (C=O) groups excluding carboxylic acids is 1. The van der Waals surface area contributed by atoms with E-state index in [1.54, 1.807) is 17.4 Å². The van der Waals surface area contributed by atoms with Crippen molar-refractivity contribution in [3.8, 4) is 10.6 Å². The van der Waals surface area contributed by atoms with Crippen molar-refractivity contribution in [2.75, 3.05) is 6.54 Å². The summed E-state index contributed by atoms with van der Waals surface area (Å²) in [6.07, 6.45) is 0.295. The summed E-state index contributed by atoms with van der Waals surface area (Å²) in [7, 11) is 0. The molecule has 6 nitrogen and oxygen atoms in total. The molecule has 2 aromatic carbocycles. The van der Waals surface area contributed by atoms with Crippen LogP contribution in [-0.4, -0.2) is 27.2 Å². The molecule has 7 heteroatoms. The first-order chi connectivity index (χ1) is 14.5. The van der Waals surface area contributed by atoms with E-state index in [2.05, 4.69) is 15.4 Å². The fourth-order valence-corrected chi connectivity index (χ4v) is 4.37. The van der Waals surface area contributed by atoms with E-state index in [4.69, 9.17) is 0 Å². The molecular formula is C23H22N4O2S. The molecule has 0 spiro atoms. The number of nitrogens with one attached hydrogen (secondary N) is 1. The fraction of sp³-hybridized carbons (Fsp3) is 0.217. The molecule has 0 atom stereocenters. The average molecular weight is 419 g/mol. The topological polar surface area (TPSA) is 76.9 Å². The molecule has 1 amide bonds. The van der Waals surface area contributed by atoms with Crippen molar-refractivity contribution in [2.45, 2.75) is 26.8 Å². The van der Waals surface area contributed by atoms with Crippen molar-refractivity contribution in [1.82, 2.24) is 20.1 Å². The molecule has 152 valence electrons. The van der Waals surface area contributed by atoms with Crippen molar-refractivity contribution in [1.29, 1.82) is 0 Å². The zero-order valence-electron chi connectivity index (χ0n) is 16.9. The second kappa shape index (κ2) is 8.59. The van der Waals surface area contributed by atoms with Crippen LogP contribution in [0.2, 0.25) is 0 Å². The maximum absolute atomic E-state index is 12.4. The number of aryl methyl sites for hydroxylation is 2. The van der Waals surface area contributed by atoms with Crippen molar-refractivity contribution in [2.24, 2.45) is 0 Å². The fourth-order valence-electron chi connectivity index (χ4n) is 3.48. The van der Waals surface area contributed by atoms with Gasteiger partial charge in [-0.15, -0.1) is 11.3 Å². The highest BCUT2D eigenvalue weighted by Crippen LogP contribution is 2.27. The van der Waals surface area contributed by atoms with E-state index in [1.807, 2.05) is 56.3 Å². The van der Waals surface area contributed by atoms with Gasteiger partial charge in [0.25, 0.3) is 5.56 Å². The second-order valence-electron chi connectivity index (χ2n) is 7.09.